The van der Waals surface area contributed by atoms with Crippen LogP contribution in [0.3, 0.4) is 0 Å². The third-order valence-electron chi connectivity index (χ3n) is 13.2. The van der Waals surface area contributed by atoms with E-state index in [1.807, 2.05) is 26.0 Å². The molecule has 4 fully saturated rings. The fourth-order valence-electron chi connectivity index (χ4n) is 9.04. The average Bonchev–Trinajstić information content (AvgIpc) is 4.14. The Morgan fingerprint density at radius 3 is 2.16 bits per heavy atom. The minimum absolute atomic E-state index is 0.0134. The fourth-order valence-corrected chi connectivity index (χ4v) is 10.5. The van der Waals surface area contributed by atoms with Gasteiger partial charge in [0.1, 0.15) is 6.04 Å². The van der Waals surface area contributed by atoms with Gasteiger partial charge >= 0.3 is 18.9 Å². The predicted octanol–water partition coefficient (Wildman–Crippen LogP) is 9.51. The van der Waals surface area contributed by atoms with Crippen molar-refractivity contribution in [2.45, 2.75) is 117 Å². The number of imidazole rings is 1. The third-order valence-corrected chi connectivity index (χ3v) is 15.3. The number of aromatic nitrogens is 2. The Morgan fingerprint density at radius 2 is 1.55 bits per heavy atom. The van der Waals surface area contributed by atoms with Gasteiger partial charge in [0, 0.05) is 56.3 Å². The van der Waals surface area contributed by atoms with Crippen molar-refractivity contribution < 1.29 is 51.1 Å². The number of aryl methyl sites for hydroxylation is 1. The van der Waals surface area contributed by atoms with Crippen molar-refractivity contribution in [3.8, 4) is 0 Å². The van der Waals surface area contributed by atoms with Crippen molar-refractivity contribution in [3.05, 3.63) is 110 Å². The number of rotatable bonds is 10. The van der Waals surface area contributed by atoms with Gasteiger partial charge in [0.15, 0.2) is 0 Å². The second-order valence-corrected chi connectivity index (χ2v) is 22.6. The van der Waals surface area contributed by atoms with Crippen LogP contribution < -0.4 is 16.3 Å². The van der Waals surface area contributed by atoms with Crippen molar-refractivity contribution in [3.63, 3.8) is 0 Å². The summed E-state index contributed by atoms with van der Waals surface area (Å²) in [6.45, 7) is 17.1. The number of carbonyl (C=O) groups is 4. The highest BCUT2D eigenvalue weighted by molar-refractivity contribution is 7.52. The number of carbonyl (C=O) groups excluding carboxylic acids is 4. The van der Waals surface area contributed by atoms with Gasteiger partial charge in [0.2, 0.25) is 17.7 Å². The molecule has 4 aliphatic heterocycles. The van der Waals surface area contributed by atoms with Crippen LogP contribution in [0.5, 0.6) is 0 Å². The summed E-state index contributed by atoms with van der Waals surface area (Å²) in [6.07, 6.45) is 4.63. The molecule has 76 heavy (non-hydrogen) atoms. The topological polar surface area (TPSA) is 216 Å². The number of hydrogen-bond acceptors (Lipinski definition) is 10. The van der Waals surface area contributed by atoms with Crippen LogP contribution in [-0.4, -0.2) is 109 Å². The molecule has 416 valence electrons. The van der Waals surface area contributed by atoms with E-state index in [2.05, 4.69) is 54.6 Å². The maximum Gasteiger partial charge on any atom is 0.399 e. The minimum atomic E-state index is -5.66. The number of nitrogens with zero attached hydrogens (tertiary/aromatic N) is 6. The number of amides is 4. The molecular weight excluding hydrogens is 1030 g/mol. The zero-order valence-electron chi connectivity index (χ0n) is 44.1. The van der Waals surface area contributed by atoms with Gasteiger partial charge in [-0.2, -0.15) is 8.78 Å². The number of imide groups is 1. The van der Waals surface area contributed by atoms with Crippen LogP contribution in [0.25, 0.3) is 21.1 Å². The number of nitrogens with one attached hydrogen (secondary N) is 2. The first-order chi connectivity index (χ1) is 35.9. The molecule has 0 radical (unpaired) electrons. The number of thiophene rings is 1. The molecule has 2 atom stereocenters. The van der Waals surface area contributed by atoms with E-state index < -0.39 is 48.5 Å². The molecule has 4 N–H and O–H groups in total. The summed E-state index contributed by atoms with van der Waals surface area (Å²) < 4.78 is 69.7. The van der Waals surface area contributed by atoms with E-state index in [1.165, 1.54) is 35.1 Å². The monoisotopic (exact) mass is 1100 g/mol. The van der Waals surface area contributed by atoms with E-state index in [0.29, 0.717) is 29.8 Å². The third kappa shape index (κ3) is 15.7. The zero-order valence-corrected chi connectivity index (χ0v) is 45.9. The van der Waals surface area contributed by atoms with Gasteiger partial charge in [0.25, 0.3) is 11.8 Å². The van der Waals surface area contributed by atoms with Crippen LogP contribution >= 0.6 is 18.9 Å². The van der Waals surface area contributed by atoms with Gasteiger partial charge < -0.3 is 20.0 Å². The molecule has 0 bridgehead atoms. The number of likely N-dealkylation sites (tertiary alicyclic amines) is 2. The molecule has 2 aromatic heterocycles. The maximum atomic E-state index is 13.8. The maximum absolute atomic E-state index is 13.8. The lowest BCUT2D eigenvalue weighted by molar-refractivity contribution is -0.135. The predicted molar refractivity (Wildman–Crippen MR) is 286 cm³/mol. The number of benzene rings is 3. The van der Waals surface area contributed by atoms with Crippen LogP contribution in [-0.2, 0) is 38.2 Å². The van der Waals surface area contributed by atoms with E-state index in [-0.39, 0.29) is 60.2 Å². The van der Waals surface area contributed by atoms with E-state index in [4.69, 9.17) is 9.79 Å². The molecular formula is C53H71F4N8O9PS. The van der Waals surface area contributed by atoms with Crippen molar-refractivity contribution >= 4 is 63.7 Å². The summed E-state index contributed by atoms with van der Waals surface area (Å²) >= 11 is 1.04. The molecule has 6 heterocycles. The molecule has 23 heteroatoms. The summed E-state index contributed by atoms with van der Waals surface area (Å²) in [5, 5.41) is 9.02. The Balaban J connectivity index is 0.000000206. The van der Waals surface area contributed by atoms with Crippen LogP contribution in [0.2, 0.25) is 0 Å². The average molecular weight is 1100 g/mol. The first-order valence-corrected chi connectivity index (χ1v) is 28.1. The molecule has 3 aromatic carbocycles. The molecule has 2 unspecified atom stereocenters. The summed E-state index contributed by atoms with van der Waals surface area (Å²) in [5.74, 6) is -3.43. The highest BCUT2D eigenvalue weighted by Crippen LogP contribution is 2.59. The number of alkyl halides is 4. The highest BCUT2D eigenvalue weighted by Gasteiger charge is 2.50. The Bertz CT molecular complexity index is 2890. The normalized spacial score (nSPS) is 19.0. The van der Waals surface area contributed by atoms with Crippen molar-refractivity contribution in [2.24, 2.45) is 24.2 Å². The first kappa shape index (κ1) is 61.1. The van der Waals surface area contributed by atoms with Crippen LogP contribution in [0, 0.1) is 16.7 Å². The number of nitroso groups, excluding NO2 is 1. The molecule has 9 rings (SSSR count). The lowest BCUT2D eigenvalue weighted by atomic mass is 9.88. The van der Waals surface area contributed by atoms with Gasteiger partial charge in [-0.15, -0.1) is 16.2 Å². The van der Waals surface area contributed by atoms with Crippen molar-refractivity contribution in [1.82, 2.24) is 34.6 Å². The van der Waals surface area contributed by atoms with Crippen molar-refractivity contribution in [2.75, 3.05) is 45.8 Å². The van der Waals surface area contributed by atoms with Gasteiger partial charge in [-0.3, -0.25) is 48.1 Å². The quantitative estimate of drug-likeness (QED) is 0.0447. The standard InChI is InChI=1S/C20H26N4O3.C16H17F2N2O5PS.C11H12F2N2O.C4H10.C2H6/c1-13-7-9-23(10-8-13)12-14-3-4-15-17(11-14)22(2)20(27)24(15)16-5-6-18(25)21-19(16)26;17-16(18,26(23,24)25)11-3-4-12-10(7-11)8-13(27-12)15(22)19-9-14(21)20-5-1-2-6-20;12-11(13)6-7-15(14-16)8-10(11)9-4-2-1-3-5-9;1-4(2)3;1-2/h3-4,11,13,16H,5-10,12H2,1-2H3,(H,21,25,26);3-4,7-8H,1-2,5-6,9H2,(H,19,22)(H2,23,24,25);1-5,10H,6-8H2;4H,1-3H3;1-2H3. The molecule has 4 aliphatic rings. The van der Waals surface area contributed by atoms with E-state index in [9.17, 15) is 51.0 Å². The number of hydrogen-bond donors (Lipinski definition) is 4. The lowest BCUT2D eigenvalue weighted by Gasteiger charge is -2.35. The SMILES string of the molecule is CC.CC(C)C.CC1CCN(Cc2ccc3c(c2)n(C)c(=O)n3C2CCC(=O)NC2=O)CC1.O=C(NCC(=O)N1CCCC1)c1cc2cc(C(F)(F)P(=O)(O)O)ccc2s1.O=NN1CCC(F)(F)C(c2ccccc2)C1. The lowest BCUT2D eigenvalue weighted by Crippen LogP contribution is -2.44. The van der Waals surface area contributed by atoms with Gasteiger partial charge in [0.05, 0.1) is 40.2 Å². The first-order valence-electron chi connectivity index (χ1n) is 25.7. The number of piperidine rings is 3. The Hall–Kier alpha value is -5.80. The van der Waals surface area contributed by atoms with E-state index in [1.54, 1.807) is 46.8 Å². The van der Waals surface area contributed by atoms with E-state index in [0.717, 1.165) is 83.8 Å². The second kappa shape index (κ2) is 27.0. The summed E-state index contributed by atoms with van der Waals surface area (Å²) in [6, 6.07) is 18.5. The molecule has 5 aromatic rings. The number of fused-ring (bicyclic) bond motifs is 2. The molecule has 4 saturated heterocycles. The fraction of sp³-hybridized carbons (Fsp3) is 0.528. The second-order valence-electron chi connectivity index (χ2n) is 19.9. The molecule has 17 nitrogen and oxygen atoms in total. The summed E-state index contributed by atoms with van der Waals surface area (Å²) in [5.41, 5.74) is -2.05. The largest absolute Gasteiger partial charge is 0.399 e. The Morgan fingerprint density at radius 1 is 0.908 bits per heavy atom. The van der Waals surface area contributed by atoms with Gasteiger partial charge in [-0.05, 0) is 104 Å². The summed E-state index contributed by atoms with van der Waals surface area (Å²) in [7, 11) is -3.93. The smallest absolute Gasteiger partial charge is 0.342 e. The Labute approximate surface area is 444 Å². The molecule has 4 amide bonds. The molecule has 0 spiro atoms. The van der Waals surface area contributed by atoms with E-state index >= 15 is 0 Å². The summed E-state index contributed by atoms with van der Waals surface area (Å²) in [4.78, 5) is 93.1. The van der Waals surface area contributed by atoms with Crippen LogP contribution in [0.15, 0.2) is 82.9 Å². The molecule has 0 aliphatic carbocycles. The number of halogens is 4. The Kier molecular flexibility index (Phi) is 21.7. The highest BCUT2D eigenvalue weighted by atomic mass is 32.1. The van der Waals surface area contributed by atoms with Gasteiger partial charge in [-0.1, -0.05) is 84.0 Å². The van der Waals surface area contributed by atoms with Gasteiger partial charge in [-0.25, -0.2) is 13.6 Å². The minimum Gasteiger partial charge on any atom is -0.342 e. The van der Waals surface area contributed by atoms with Crippen LogP contribution in [0.1, 0.15) is 125 Å². The zero-order chi connectivity index (χ0) is 56.1. The van der Waals surface area contributed by atoms with Crippen molar-refractivity contribution in [1.29, 1.82) is 0 Å². The van der Waals surface area contributed by atoms with Crippen LogP contribution in [0.4, 0.5) is 17.6 Å². The molecule has 0 saturated carbocycles.